The van der Waals surface area contributed by atoms with E-state index in [0.29, 0.717) is 13.1 Å². The summed E-state index contributed by atoms with van der Waals surface area (Å²) in [7, 11) is 1.96. The van der Waals surface area contributed by atoms with Crippen molar-refractivity contribution in [3.05, 3.63) is 17.0 Å². The molecule has 20 heavy (non-hydrogen) atoms. The molecule has 6 nitrogen and oxygen atoms in total. The molecule has 0 saturated carbocycles. The first kappa shape index (κ1) is 15.4. The summed E-state index contributed by atoms with van der Waals surface area (Å²) < 4.78 is 7.20. The van der Waals surface area contributed by atoms with Gasteiger partial charge in [-0.2, -0.15) is 5.10 Å². The van der Waals surface area contributed by atoms with Gasteiger partial charge in [-0.05, 0) is 13.8 Å². The largest absolute Gasteiger partial charge is 0.390 e. The number of nitrogens with zero attached hydrogens (tertiary/aromatic N) is 3. The summed E-state index contributed by atoms with van der Waals surface area (Å²) in [5.74, 6) is 0. The van der Waals surface area contributed by atoms with E-state index in [1.807, 2.05) is 18.7 Å². The zero-order valence-corrected chi connectivity index (χ0v) is 12.7. The summed E-state index contributed by atoms with van der Waals surface area (Å²) >= 11 is 0. The Bertz CT molecular complexity index is 427. The van der Waals surface area contributed by atoms with E-state index in [1.165, 1.54) is 11.3 Å². The third-order valence-electron chi connectivity index (χ3n) is 3.91. The zero-order valence-electron chi connectivity index (χ0n) is 12.7. The van der Waals surface area contributed by atoms with E-state index in [4.69, 9.17) is 4.74 Å². The van der Waals surface area contributed by atoms with Crippen LogP contribution in [0.15, 0.2) is 0 Å². The first-order chi connectivity index (χ1) is 9.58. The normalized spacial score (nSPS) is 18.4. The number of aryl methyl sites for hydroxylation is 2. The van der Waals surface area contributed by atoms with Crippen molar-refractivity contribution in [3.8, 4) is 0 Å². The van der Waals surface area contributed by atoms with Crippen molar-refractivity contribution in [3.63, 3.8) is 0 Å². The van der Waals surface area contributed by atoms with E-state index in [0.717, 1.165) is 38.5 Å². The maximum atomic E-state index is 10.1. The van der Waals surface area contributed by atoms with Gasteiger partial charge in [-0.3, -0.25) is 9.58 Å². The average molecular weight is 282 g/mol. The van der Waals surface area contributed by atoms with E-state index in [2.05, 4.69) is 22.2 Å². The lowest BCUT2D eigenvalue weighted by atomic mass is 10.2. The molecule has 1 saturated heterocycles. The molecule has 1 unspecified atom stereocenters. The van der Waals surface area contributed by atoms with Gasteiger partial charge in [0.15, 0.2) is 0 Å². The molecule has 0 aromatic carbocycles. The quantitative estimate of drug-likeness (QED) is 0.758. The van der Waals surface area contributed by atoms with E-state index in [1.54, 1.807) is 0 Å². The van der Waals surface area contributed by atoms with Crippen LogP contribution in [-0.2, 0) is 18.3 Å². The fourth-order valence-corrected chi connectivity index (χ4v) is 2.58. The molecule has 0 aliphatic carbocycles. The standard InChI is InChI=1S/C14H26N4O2/c1-11-14(12(2)17(3)16-11)9-15-8-13(19)10-18-4-6-20-7-5-18/h13,15,19H,4-10H2,1-3H3. The molecule has 1 aromatic heterocycles. The highest BCUT2D eigenvalue weighted by molar-refractivity contribution is 5.23. The molecule has 2 N–H and O–H groups in total. The van der Waals surface area contributed by atoms with Crippen molar-refractivity contribution in [2.75, 3.05) is 39.4 Å². The molecule has 1 aromatic rings. The summed E-state index contributed by atoms with van der Waals surface area (Å²) in [6, 6.07) is 0. The molecule has 0 radical (unpaired) electrons. The van der Waals surface area contributed by atoms with Crippen LogP contribution in [0.3, 0.4) is 0 Å². The zero-order chi connectivity index (χ0) is 14.5. The van der Waals surface area contributed by atoms with Crippen molar-refractivity contribution in [1.29, 1.82) is 0 Å². The lowest BCUT2D eigenvalue weighted by Gasteiger charge is -2.28. The van der Waals surface area contributed by atoms with Crippen LogP contribution < -0.4 is 5.32 Å². The molecule has 1 fully saturated rings. The molecular formula is C14H26N4O2. The number of rotatable bonds is 6. The van der Waals surface area contributed by atoms with E-state index in [-0.39, 0.29) is 6.10 Å². The minimum atomic E-state index is -0.342. The van der Waals surface area contributed by atoms with Gasteiger partial charge in [-0.1, -0.05) is 0 Å². The van der Waals surface area contributed by atoms with Crippen LogP contribution >= 0.6 is 0 Å². The monoisotopic (exact) mass is 282 g/mol. The van der Waals surface area contributed by atoms with Gasteiger partial charge in [0, 0.05) is 51.0 Å². The lowest BCUT2D eigenvalue weighted by molar-refractivity contribution is 0.0149. The number of ether oxygens (including phenoxy) is 1. The Kier molecular flexibility index (Phi) is 5.54. The predicted molar refractivity (Wildman–Crippen MR) is 77.7 cm³/mol. The average Bonchev–Trinajstić information content (AvgIpc) is 2.66. The van der Waals surface area contributed by atoms with Gasteiger partial charge in [-0.15, -0.1) is 0 Å². The second-order valence-electron chi connectivity index (χ2n) is 5.47. The SMILES string of the molecule is Cc1nn(C)c(C)c1CNCC(O)CN1CCOCC1. The van der Waals surface area contributed by atoms with Crippen molar-refractivity contribution in [1.82, 2.24) is 20.0 Å². The van der Waals surface area contributed by atoms with Crippen LogP contribution in [0.5, 0.6) is 0 Å². The van der Waals surface area contributed by atoms with Crippen LogP contribution in [-0.4, -0.2) is 65.3 Å². The predicted octanol–water partition coefficient (Wildman–Crippen LogP) is -0.180. The number of morpholine rings is 1. The van der Waals surface area contributed by atoms with E-state index < -0.39 is 0 Å². The maximum absolute atomic E-state index is 10.1. The fourth-order valence-electron chi connectivity index (χ4n) is 2.58. The van der Waals surface area contributed by atoms with Gasteiger partial charge < -0.3 is 15.2 Å². The van der Waals surface area contributed by atoms with Gasteiger partial charge in [0.05, 0.1) is 25.0 Å². The smallest absolute Gasteiger partial charge is 0.0791 e. The molecule has 0 amide bonds. The molecule has 0 bridgehead atoms. The van der Waals surface area contributed by atoms with Crippen molar-refractivity contribution in [2.45, 2.75) is 26.5 Å². The Hall–Kier alpha value is -0.950. The highest BCUT2D eigenvalue weighted by Gasteiger charge is 2.15. The third-order valence-corrected chi connectivity index (χ3v) is 3.91. The van der Waals surface area contributed by atoms with Gasteiger partial charge in [0.25, 0.3) is 0 Å². The van der Waals surface area contributed by atoms with Gasteiger partial charge in [-0.25, -0.2) is 0 Å². The van der Waals surface area contributed by atoms with Crippen molar-refractivity contribution >= 4 is 0 Å². The van der Waals surface area contributed by atoms with Crippen LogP contribution in [0.4, 0.5) is 0 Å². The third kappa shape index (κ3) is 4.02. The Morgan fingerprint density at radius 2 is 2.05 bits per heavy atom. The molecule has 2 heterocycles. The molecule has 6 heteroatoms. The Labute approximate surface area is 120 Å². The highest BCUT2D eigenvalue weighted by Crippen LogP contribution is 2.11. The number of nitrogens with one attached hydrogen (secondary N) is 1. The maximum Gasteiger partial charge on any atom is 0.0791 e. The van der Waals surface area contributed by atoms with E-state index >= 15 is 0 Å². The molecular weight excluding hydrogens is 256 g/mol. The van der Waals surface area contributed by atoms with Gasteiger partial charge >= 0.3 is 0 Å². The summed E-state index contributed by atoms with van der Waals surface area (Å²) in [6.45, 7) is 9.53. The lowest BCUT2D eigenvalue weighted by Crippen LogP contribution is -2.43. The number of aliphatic hydroxyl groups excluding tert-OH is 1. The summed E-state index contributed by atoms with van der Waals surface area (Å²) in [5.41, 5.74) is 3.46. The molecule has 1 atom stereocenters. The van der Waals surface area contributed by atoms with Crippen molar-refractivity contribution in [2.24, 2.45) is 7.05 Å². The van der Waals surface area contributed by atoms with Crippen LogP contribution in [0.1, 0.15) is 17.0 Å². The minimum Gasteiger partial charge on any atom is -0.390 e. The van der Waals surface area contributed by atoms with E-state index in [9.17, 15) is 5.11 Å². The number of hydrogen-bond acceptors (Lipinski definition) is 5. The van der Waals surface area contributed by atoms with Crippen molar-refractivity contribution < 1.29 is 9.84 Å². The second kappa shape index (κ2) is 7.17. The van der Waals surface area contributed by atoms with Gasteiger partial charge in [0.2, 0.25) is 0 Å². The van der Waals surface area contributed by atoms with Crippen LogP contribution in [0, 0.1) is 13.8 Å². The molecule has 2 rings (SSSR count). The number of aromatic nitrogens is 2. The highest BCUT2D eigenvalue weighted by atomic mass is 16.5. The Morgan fingerprint density at radius 3 is 2.65 bits per heavy atom. The first-order valence-corrected chi connectivity index (χ1v) is 7.26. The Morgan fingerprint density at radius 1 is 1.35 bits per heavy atom. The number of hydrogen-bond donors (Lipinski definition) is 2. The summed E-state index contributed by atoms with van der Waals surface area (Å²) in [6.07, 6.45) is -0.342. The topological polar surface area (TPSA) is 62.5 Å². The van der Waals surface area contributed by atoms with Crippen LogP contribution in [0.25, 0.3) is 0 Å². The Balaban J connectivity index is 1.72. The minimum absolute atomic E-state index is 0.342. The fraction of sp³-hybridized carbons (Fsp3) is 0.786. The molecule has 114 valence electrons. The summed E-state index contributed by atoms with van der Waals surface area (Å²) in [5, 5.41) is 17.8. The van der Waals surface area contributed by atoms with Crippen LogP contribution in [0.2, 0.25) is 0 Å². The summed E-state index contributed by atoms with van der Waals surface area (Å²) in [4.78, 5) is 2.25. The number of aliphatic hydroxyl groups is 1. The van der Waals surface area contributed by atoms with Gasteiger partial charge in [0.1, 0.15) is 0 Å². The number of β-amino-alcohol motifs (C(OH)–C–C–N with tert-alkyl or cyclic N) is 1. The molecule has 1 aliphatic rings. The molecule has 1 aliphatic heterocycles. The molecule has 0 spiro atoms. The first-order valence-electron chi connectivity index (χ1n) is 7.26. The second-order valence-corrected chi connectivity index (χ2v) is 5.47.